The number of ether oxygens (including phenoxy) is 3. The van der Waals surface area contributed by atoms with E-state index in [0.29, 0.717) is 30.0 Å². The molecule has 3 aromatic rings. The van der Waals surface area contributed by atoms with Gasteiger partial charge in [-0.1, -0.05) is 16.7 Å². The third-order valence-corrected chi connectivity index (χ3v) is 5.87. The lowest BCUT2D eigenvalue weighted by molar-refractivity contribution is 0.102. The smallest absolute Gasteiger partial charge is 0.295 e. The van der Waals surface area contributed by atoms with Crippen molar-refractivity contribution in [2.24, 2.45) is 5.92 Å². The van der Waals surface area contributed by atoms with Gasteiger partial charge in [0.1, 0.15) is 16.7 Å². The van der Waals surface area contributed by atoms with Crippen molar-refractivity contribution in [3.63, 3.8) is 0 Å². The second-order valence-electron chi connectivity index (χ2n) is 6.99. The van der Waals surface area contributed by atoms with E-state index in [4.69, 9.17) is 25.8 Å². The molecule has 1 amide bonds. The first-order chi connectivity index (χ1) is 15.5. The Balaban J connectivity index is 1.62. The summed E-state index contributed by atoms with van der Waals surface area (Å²) < 4.78 is 31.0. The maximum Gasteiger partial charge on any atom is 0.295 e. The Kier molecular flexibility index (Phi) is 6.77. The van der Waals surface area contributed by atoms with Gasteiger partial charge < -0.3 is 14.2 Å². The molecule has 1 saturated heterocycles. The predicted molar refractivity (Wildman–Crippen MR) is 116 cm³/mol. The van der Waals surface area contributed by atoms with Crippen LogP contribution >= 0.6 is 22.9 Å². The molecule has 0 spiro atoms. The molecule has 4 heterocycles. The number of carbonyl (C=O) groups is 1. The molecule has 0 aromatic carbocycles. The van der Waals surface area contributed by atoms with Crippen LogP contribution in [0, 0.1) is 18.7 Å². The fourth-order valence-corrected chi connectivity index (χ4v) is 4.23. The highest BCUT2D eigenvalue weighted by molar-refractivity contribution is 7.17. The lowest BCUT2D eigenvalue weighted by Gasteiger charge is -2.17. The van der Waals surface area contributed by atoms with Crippen LogP contribution in [0.15, 0.2) is 18.5 Å². The van der Waals surface area contributed by atoms with Gasteiger partial charge in [-0.3, -0.25) is 15.1 Å². The van der Waals surface area contributed by atoms with Crippen LogP contribution in [-0.2, 0) is 4.74 Å². The normalized spacial score (nSPS) is 15.6. The zero-order chi connectivity index (χ0) is 22.7. The van der Waals surface area contributed by atoms with Gasteiger partial charge in [-0.25, -0.2) is 9.37 Å². The van der Waals surface area contributed by atoms with Gasteiger partial charge in [0, 0.05) is 29.8 Å². The molecule has 0 aliphatic carbocycles. The monoisotopic (exact) mass is 479 g/mol. The van der Waals surface area contributed by atoms with Crippen LogP contribution in [0.25, 0.3) is 11.1 Å². The lowest BCUT2D eigenvalue weighted by atomic mass is 9.99. The minimum atomic E-state index is -0.640. The summed E-state index contributed by atoms with van der Waals surface area (Å²) in [5.41, 5.74) is 0.627. The minimum absolute atomic E-state index is 0.0556. The molecule has 1 unspecified atom stereocenters. The summed E-state index contributed by atoms with van der Waals surface area (Å²) in [5.74, 6) is -0.743. The summed E-state index contributed by atoms with van der Waals surface area (Å²) >= 11 is 7.39. The Bertz CT molecular complexity index is 1140. The quantitative estimate of drug-likeness (QED) is 0.510. The van der Waals surface area contributed by atoms with Crippen molar-refractivity contribution in [1.82, 2.24) is 20.2 Å². The van der Waals surface area contributed by atoms with Crippen molar-refractivity contribution >= 4 is 34.0 Å². The second-order valence-corrected chi connectivity index (χ2v) is 8.29. The number of hydrogen-bond donors (Lipinski definition) is 1. The van der Waals surface area contributed by atoms with E-state index in [0.717, 1.165) is 30.6 Å². The highest BCUT2D eigenvalue weighted by atomic mass is 35.5. The number of nitrogens with one attached hydrogen (secondary N) is 1. The number of anilines is 1. The number of aromatic nitrogens is 4. The number of amides is 1. The number of halogens is 2. The summed E-state index contributed by atoms with van der Waals surface area (Å²) in [7, 11) is 1.41. The van der Waals surface area contributed by atoms with Crippen molar-refractivity contribution in [1.29, 1.82) is 0 Å². The maximum absolute atomic E-state index is 14.6. The van der Waals surface area contributed by atoms with Crippen molar-refractivity contribution in [3.8, 4) is 22.1 Å². The molecular weight excluding hydrogens is 461 g/mol. The molecule has 1 aliphatic heterocycles. The van der Waals surface area contributed by atoms with Gasteiger partial charge in [0.05, 0.1) is 37.8 Å². The van der Waals surface area contributed by atoms with E-state index in [1.165, 1.54) is 19.4 Å². The molecule has 0 saturated carbocycles. The summed E-state index contributed by atoms with van der Waals surface area (Å²) in [4.78, 5) is 21.1. The Morgan fingerprint density at radius 2 is 2.28 bits per heavy atom. The maximum atomic E-state index is 14.6. The third kappa shape index (κ3) is 4.64. The summed E-state index contributed by atoms with van der Waals surface area (Å²) in [6.45, 7) is 3.48. The zero-order valence-electron chi connectivity index (χ0n) is 17.2. The van der Waals surface area contributed by atoms with Crippen LogP contribution in [0.3, 0.4) is 0 Å². The first kappa shape index (κ1) is 22.3. The molecule has 32 heavy (non-hydrogen) atoms. The van der Waals surface area contributed by atoms with Gasteiger partial charge in [0.25, 0.3) is 11.1 Å². The van der Waals surface area contributed by atoms with E-state index in [9.17, 15) is 9.18 Å². The average molecular weight is 480 g/mol. The molecule has 168 valence electrons. The molecular formula is C20H19ClFN5O4S. The molecule has 12 heteroatoms. The van der Waals surface area contributed by atoms with Crippen molar-refractivity contribution in [2.45, 2.75) is 13.3 Å². The fourth-order valence-electron chi connectivity index (χ4n) is 3.33. The topological polar surface area (TPSA) is 108 Å². The Morgan fingerprint density at radius 1 is 1.44 bits per heavy atom. The zero-order valence-corrected chi connectivity index (χ0v) is 18.8. The first-order valence-electron chi connectivity index (χ1n) is 9.67. The number of methoxy groups -OCH3 is 1. The standard InChI is InChI=1S/C20H19ClFN5O4S/c1-10-16(29-2)14(12-3-5-23-7-13(12)22)15(17(21)24-10)18(28)25-19-26-27-20(32-19)31-9-11-4-6-30-8-11/h3,5,7,11H,4,6,8-9H2,1-2H3,(H,25,26,28). The van der Waals surface area contributed by atoms with E-state index in [1.807, 2.05) is 0 Å². The molecule has 4 rings (SSSR count). The Morgan fingerprint density at radius 3 is 3.00 bits per heavy atom. The number of rotatable bonds is 7. The second kappa shape index (κ2) is 9.72. The van der Waals surface area contributed by atoms with E-state index in [-0.39, 0.29) is 32.7 Å². The largest absolute Gasteiger partial charge is 0.494 e. The number of hydrogen-bond acceptors (Lipinski definition) is 9. The summed E-state index contributed by atoms with van der Waals surface area (Å²) in [6, 6.07) is 1.43. The molecule has 1 fully saturated rings. The summed E-state index contributed by atoms with van der Waals surface area (Å²) in [5, 5.41) is 10.9. The molecule has 0 radical (unpaired) electrons. The number of pyridine rings is 2. The van der Waals surface area contributed by atoms with Gasteiger partial charge in [-0.15, -0.1) is 5.10 Å². The van der Waals surface area contributed by atoms with Gasteiger partial charge in [-0.05, 0) is 30.7 Å². The molecule has 1 atom stereocenters. The van der Waals surface area contributed by atoms with Gasteiger partial charge in [0.15, 0.2) is 0 Å². The van der Waals surface area contributed by atoms with Crippen LogP contribution in [0.2, 0.25) is 5.15 Å². The van der Waals surface area contributed by atoms with Gasteiger partial charge >= 0.3 is 0 Å². The molecule has 0 bridgehead atoms. The third-order valence-electron chi connectivity index (χ3n) is 4.84. The summed E-state index contributed by atoms with van der Waals surface area (Å²) in [6.07, 6.45) is 3.38. The Hall–Kier alpha value is -2.89. The Labute approximate surface area is 191 Å². The van der Waals surface area contributed by atoms with Gasteiger partial charge in [0.2, 0.25) is 5.13 Å². The SMILES string of the molecule is COc1c(C)nc(Cl)c(C(=O)Nc2nnc(OCC3CCOC3)s2)c1-c1ccncc1F. The van der Waals surface area contributed by atoms with Crippen LogP contribution < -0.4 is 14.8 Å². The van der Waals surface area contributed by atoms with E-state index in [2.05, 4.69) is 25.5 Å². The number of aryl methyl sites for hydroxylation is 1. The lowest BCUT2D eigenvalue weighted by Crippen LogP contribution is -2.16. The predicted octanol–water partition coefficient (Wildman–Crippen LogP) is 3.77. The van der Waals surface area contributed by atoms with Crippen LogP contribution in [-0.4, -0.2) is 53.0 Å². The van der Waals surface area contributed by atoms with Crippen LogP contribution in [0.5, 0.6) is 10.9 Å². The number of nitrogens with zero attached hydrogens (tertiary/aromatic N) is 4. The van der Waals surface area contributed by atoms with Crippen molar-refractivity contribution in [2.75, 3.05) is 32.2 Å². The highest BCUT2D eigenvalue weighted by Gasteiger charge is 2.27. The van der Waals surface area contributed by atoms with Crippen molar-refractivity contribution in [3.05, 3.63) is 40.7 Å². The van der Waals surface area contributed by atoms with Crippen LogP contribution in [0.4, 0.5) is 9.52 Å². The van der Waals surface area contributed by atoms with Crippen molar-refractivity contribution < 1.29 is 23.4 Å². The molecule has 3 aromatic heterocycles. The van der Waals surface area contributed by atoms with Crippen LogP contribution in [0.1, 0.15) is 22.5 Å². The highest BCUT2D eigenvalue weighted by Crippen LogP contribution is 2.40. The van der Waals surface area contributed by atoms with Gasteiger partial charge in [-0.2, -0.15) is 0 Å². The fraction of sp³-hybridized carbons (Fsp3) is 0.350. The molecule has 1 N–H and O–H groups in total. The van der Waals surface area contributed by atoms with E-state index in [1.54, 1.807) is 6.92 Å². The molecule has 1 aliphatic rings. The first-order valence-corrected chi connectivity index (χ1v) is 10.9. The minimum Gasteiger partial charge on any atom is -0.494 e. The average Bonchev–Trinajstić information content (AvgIpc) is 3.44. The van der Waals surface area contributed by atoms with E-state index < -0.39 is 11.7 Å². The van der Waals surface area contributed by atoms with E-state index >= 15 is 0 Å². The molecule has 9 nitrogen and oxygen atoms in total. The number of carbonyl (C=O) groups excluding carboxylic acids is 1.